The normalized spacial score (nSPS) is 18.2. The quantitative estimate of drug-likeness (QED) is 0.918. The number of anilines is 2. The fraction of sp³-hybridized carbons (Fsp3) is 0.500. The average molecular weight is 284 g/mol. The predicted octanol–water partition coefficient (Wildman–Crippen LogP) is 3.09. The van der Waals surface area contributed by atoms with Crippen molar-refractivity contribution in [2.45, 2.75) is 32.1 Å². The summed E-state index contributed by atoms with van der Waals surface area (Å²) < 4.78 is 5.47. The first-order valence-corrected chi connectivity index (χ1v) is 7.86. The standard InChI is InChI=1S/C16H20N4O/c1-2-4-10-20(9-3-1)16-18-15(21-19-16)13-6-5-12-7-8-17-14(12)11-13/h5-6,11,17H,1-4,7-10H2. The first kappa shape index (κ1) is 12.7. The van der Waals surface area contributed by atoms with Gasteiger partial charge in [0.1, 0.15) is 0 Å². The summed E-state index contributed by atoms with van der Waals surface area (Å²) in [6.07, 6.45) is 6.13. The zero-order valence-electron chi connectivity index (χ0n) is 12.1. The van der Waals surface area contributed by atoms with Gasteiger partial charge in [-0.2, -0.15) is 4.98 Å². The Balaban J connectivity index is 1.59. The number of hydrogen-bond donors (Lipinski definition) is 1. The number of hydrogen-bond acceptors (Lipinski definition) is 5. The lowest BCUT2D eigenvalue weighted by molar-refractivity contribution is 0.429. The van der Waals surface area contributed by atoms with E-state index in [1.165, 1.54) is 36.9 Å². The van der Waals surface area contributed by atoms with Gasteiger partial charge in [0.05, 0.1) is 0 Å². The molecule has 2 aromatic rings. The lowest BCUT2D eigenvalue weighted by Crippen LogP contribution is -2.24. The van der Waals surface area contributed by atoms with Crippen LogP contribution in [0.4, 0.5) is 11.6 Å². The van der Waals surface area contributed by atoms with Gasteiger partial charge in [0.15, 0.2) is 0 Å². The molecule has 2 aliphatic heterocycles. The minimum Gasteiger partial charge on any atom is -0.384 e. The summed E-state index contributed by atoms with van der Waals surface area (Å²) in [6.45, 7) is 3.08. The molecular formula is C16H20N4O. The number of nitrogens with one attached hydrogen (secondary N) is 1. The molecule has 0 bridgehead atoms. The van der Waals surface area contributed by atoms with Gasteiger partial charge in [0.2, 0.25) is 0 Å². The van der Waals surface area contributed by atoms with Gasteiger partial charge in [-0.1, -0.05) is 18.9 Å². The van der Waals surface area contributed by atoms with Crippen LogP contribution in [0.3, 0.4) is 0 Å². The monoisotopic (exact) mass is 284 g/mol. The summed E-state index contributed by atoms with van der Waals surface area (Å²) in [5, 5.41) is 7.56. The second kappa shape index (κ2) is 5.39. The number of rotatable bonds is 2. The van der Waals surface area contributed by atoms with Crippen LogP contribution in [0.25, 0.3) is 11.5 Å². The summed E-state index contributed by atoms with van der Waals surface area (Å²) in [7, 11) is 0. The van der Waals surface area contributed by atoms with Gasteiger partial charge in [-0.15, -0.1) is 0 Å². The van der Waals surface area contributed by atoms with Gasteiger partial charge in [-0.25, -0.2) is 0 Å². The Kier molecular flexibility index (Phi) is 3.25. The Morgan fingerprint density at radius 3 is 2.81 bits per heavy atom. The van der Waals surface area contributed by atoms with E-state index in [4.69, 9.17) is 4.52 Å². The first-order chi connectivity index (χ1) is 10.4. The van der Waals surface area contributed by atoms with Gasteiger partial charge in [0, 0.05) is 30.9 Å². The van der Waals surface area contributed by atoms with Crippen LogP contribution < -0.4 is 10.2 Å². The van der Waals surface area contributed by atoms with Crippen molar-refractivity contribution in [2.75, 3.05) is 29.9 Å². The zero-order valence-corrected chi connectivity index (χ0v) is 12.1. The fourth-order valence-corrected chi connectivity index (χ4v) is 3.16. The lowest BCUT2D eigenvalue weighted by Gasteiger charge is -2.16. The topological polar surface area (TPSA) is 54.2 Å². The van der Waals surface area contributed by atoms with Gasteiger partial charge in [-0.05, 0) is 42.1 Å². The lowest BCUT2D eigenvalue weighted by atomic mass is 10.1. The van der Waals surface area contributed by atoms with Crippen molar-refractivity contribution >= 4 is 11.6 Å². The van der Waals surface area contributed by atoms with Gasteiger partial charge in [-0.3, -0.25) is 0 Å². The van der Waals surface area contributed by atoms with Crippen molar-refractivity contribution in [1.82, 2.24) is 10.1 Å². The van der Waals surface area contributed by atoms with E-state index in [0.29, 0.717) is 5.89 Å². The van der Waals surface area contributed by atoms with Crippen molar-refractivity contribution in [2.24, 2.45) is 0 Å². The zero-order chi connectivity index (χ0) is 14.1. The number of nitrogens with zero attached hydrogens (tertiary/aromatic N) is 3. The highest BCUT2D eigenvalue weighted by Crippen LogP contribution is 2.29. The van der Waals surface area contributed by atoms with E-state index >= 15 is 0 Å². The van der Waals surface area contributed by atoms with Crippen molar-refractivity contribution in [3.63, 3.8) is 0 Å². The molecule has 3 heterocycles. The number of fused-ring (bicyclic) bond motifs is 1. The Morgan fingerprint density at radius 1 is 1.10 bits per heavy atom. The van der Waals surface area contributed by atoms with Crippen molar-refractivity contribution in [1.29, 1.82) is 0 Å². The van der Waals surface area contributed by atoms with Crippen LogP contribution in [0.5, 0.6) is 0 Å². The molecule has 0 spiro atoms. The van der Waals surface area contributed by atoms with Gasteiger partial charge >= 0.3 is 0 Å². The molecule has 0 aliphatic carbocycles. The van der Waals surface area contributed by atoms with Crippen LogP contribution in [0.1, 0.15) is 31.2 Å². The second-order valence-electron chi connectivity index (χ2n) is 5.85. The van der Waals surface area contributed by atoms with Crippen molar-refractivity contribution in [3.8, 4) is 11.5 Å². The van der Waals surface area contributed by atoms with Crippen LogP contribution in [-0.4, -0.2) is 29.8 Å². The third kappa shape index (κ3) is 2.48. The highest BCUT2D eigenvalue weighted by molar-refractivity contribution is 5.67. The number of benzene rings is 1. The van der Waals surface area contributed by atoms with Crippen molar-refractivity contribution < 1.29 is 4.52 Å². The maximum Gasteiger partial charge on any atom is 0.266 e. The smallest absolute Gasteiger partial charge is 0.266 e. The van der Waals surface area contributed by atoms with E-state index in [-0.39, 0.29) is 0 Å². The van der Waals surface area contributed by atoms with E-state index in [1.54, 1.807) is 0 Å². The summed E-state index contributed by atoms with van der Waals surface area (Å²) in [5.41, 5.74) is 3.56. The predicted molar refractivity (Wildman–Crippen MR) is 82.6 cm³/mol. The van der Waals surface area contributed by atoms with E-state index in [1.807, 2.05) is 0 Å². The summed E-state index contributed by atoms with van der Waals surface area (Å²) >= 11 is 0. The molecule has 0 amide bonds. The van der Waals surface area contributed by atoms with Gasteiger partial charge < -0.3 is 14.7 Å². The third-order valence-corrected chi connectivity index (χ3v) is 4.37. The maximum absolute atomic E-state index is 5.47. The van der Waals surface area contributed by atoms with Crippen LogP contribution in [0.2, 0.25) is 0 Å². The molecule has 1 aromatic carbocycles. The van der Waals surface area contributed by atoms with Crippen LogP contribution >= 0.6 is 0 Å². The molecule has 0 radical (unpaired) electrons. The Bertz CT molecular complexity index is 629. The second-order valence-corrected chi connectivity index (χ2v) is 5.85. The molecular weight excluding hydrogens is 264 g/mol. The van der Waals surface area contributed by atoms with Crippen LogP contribution in [0.15, 0.2) is 22.7 Å². The Labute approximate surface area is 124 Å². The Morgan fingerprint density at radius 2 is 1.95 bits per heavy atom. The van der Waals surface area contributed by atoms with E-state index in [2.05, 4.69) is 38.6 Å². The van der Waals surface area contributed by atoms with Crippen molar-refractivity contribution in [3.05, 3.63) is 23.8 Å². The molecule has 110 valence electrons. The first-order valence-electron chi connectivity index (χ1n) is 7.86. The summed E-state index contributed by atoms with van der Waals surface area (Å²) in [5.74, 6) is 1.35. The average Bonchev–Trinajstić information content (AvgIpc) is 3.10. The molecule has 1 saturated heterocycles. The molecule has 0 saturated carbocycles. The minimum atomic E-state index is 0.616. The molecule has 1 fully saturated rings. The number of aromatic nitrogens is 2. The van der Waals surface area contributed by atoms with E-state index < -0.39 is 0 Å². The molecule has 5 heteroatoms. The van der Waals surface area contributed by atoms with Gasteiger partial charge in [0.25, 0.3) is 11.8 Å². The SMILES string of the molecule is c1cc2c(cc1-c1nc(N3CCCCCC3)no1)NCC2. The largest absolute Gasteiger partial charge is 0.384 e. The molecule has 2 aliphatic rings. The van der Waals surface area contributed by atoms with E-state index in [9.17, 15) is 0 Å². The molecule has 1 aromatic heterocycles. The van der Waals surface area contributed by atoms with E-state index in [0.717, 1.165) is 37.6 Å². The maximum atomic E-state index is 5.47. The summed E-state index contributed by atoms with van der Waals surface area (Å²) in [6, 6.07) is 6.34. The molecule has 4 rings (SSSR count). The fourth-order valence-electron chi connectivity index (χ4n) is 3.16. The molecule has 21 heavy (non-hydrogen) atoms. The van der Waals surface area contributed by atoms with Crippen LogP contribution in [-0.2, 0) is 6.42 Å². The summed E-state index contributed by atoms with van der Waals surface area (Å²) in [4.78, 5) is 6.83. The molecule has 1 N–H and O–H groups in total. The van der Waals surface area contributed by atoms with Crippen LogP contribution in [0, 0.1) is 0 Å². The highest BCUT2D eigenvalue weighted by atomic mass is 16.5. The Hall–Kier alpha value is -2.04. The molecule has 5 nitrogen and oxygen atoms in total. The molecule has 0 atom stereocenters. The third-order valence-electron chi connectivity index (χ3n) is 4.37. The highest BCUT2D eigenvalue weighted by Gasteiger charge is 2.18. The minimum absolute atomic E-state index is 0.616. The molecule has 0 unspecified atom stereocenters.